The van der Waals surface area contributed by atoms with Crippen LogP contribution < -0.4 is 14.8 Å². The van der Waals surface area contributed by atoms with Crippen molar-refractivity contribution < 1.29 is 9.47 Å². The van der Waals surface area contributed by atoms with Crippen LogP contribution in [-0.2, 0) is 0 Å². The number of benzene rings is 1. The van der Waals surface area contributed by atoms with Crippen LogP contribution in [0.1, 0.15) is 44.7 Å². The Bertz CT molecular complexity index is 442. The number of rotatable bonds is 5. The molecule has 2 atom stereocenters. The topological polar surface area (TPSA) is 30.5 Å². The fourth-order valence-electron chi connectivity index (χ4n) is 2.77. The molecule has 1 aromatic rings. The largest absolute Gasteiger partial charge is 0.486 e. The first-order valence-electron chi connectivity index (χ1n) is 7.38. The van der Waals surface area contributed by atoms with Crippen molar-refractivity contribution in [2.45, 2.75) is 45.2 Å². The molecule has 2 aliphatic rings. The fraction of sp³-hybridized carbons (Fsp3) is 0.625. The highest BCUT2D eigenvalue weighted by atomic mass is 16.6. The standard InChI is InChI=1S/C16H23NO2/c1-11(9-13-3-4-13)17-12(2)14-5-6-15-16(10-14)19-8-7-18-15/h5-6,10-13,17H,3-4,7-9H2,1-2H3. The van der Waals surface area contributed by atoms with Crippen molar-refractivity contribution in [1.82, 2.24) is 5.32 Å². The van der Waals surface area contributed by atoms with Gasteiger partial charge in [0.05, 0.1) is 0 Å². The van der Waals surface area contributed by atoms with Crippen LogP contribution in [0, 0.1) is 5.92 Å². The van der Waals surface area contributed by atoms with E-state index in [0.717, 1.165) is 17.4 Å². The van der Waals surface area contributed by atoms with Crippen LogP contribution in [0.15, 0.2) is 18.2 Å². The van der Waals surface area contributed by atoms with Gasteiger partial charge in [-0.05, 0) is 43.9 Å². The third-order valence-electron chi connectivity index (χ3n) is 3.98. The summed E-state index contributed by atoms with van der Waals surface area (Å²) >= 11 is 0. The normalized spacial score (nSPS) is 20.9. The third kappa shape index (κ3) is 3.21. The Hall–Kier alpha value is -1.22. The second-order valence-electron chi connectivity index (χ2n) is 5.87. The predicted molar refractivity (Wildman–Crippen MR) is 75.8 cm³/mol. The summed E-state index contributed by atoms with van der Waals surface area (Å²) < 4.78 is 11.2. The molecule has 0 aromatic heterocycles. The summed E-state index contributed by atoms with van der Waals surface area (Å²) in [5.41, 5.74) is 1.27. The van der Waals surface area contributed by atoms with Gasteiger partial charge in [0.1, 0.15) is 13.2 Å². The van der Waals surface area contributed by atoms with E-state index in [0.29, 0.717) is 25.3 Å². The maximum absolute atomic E-state index is 5.64. The Labute approximate surface area is 115 Å². The molecule has 0 saturated heterocycles. The Morgan fingerprint density at radius 2 is 1.89 bits per heavy atom. The maximum atomic E-state index is 5.64. The van der Waals surface area contributed by atoms with Gasteiger partial charge in [0.25, 0.3) is 0 Å². The molecule has 1 N–H and O–H groups in total. The molecule has 104 valence electrons. The van der Waals surface area contributed by atoms with Crippen molar-refractivity contribution in [3.8, 4) is 11.5 Å². The molecular weight excluding hydrogens is 238 g/mol. The van der Waals surface area contributed by atoms with Crippen molar-refractivity contribution in [3.05, 3.63) is 23.8 Å². The summed E-state index contributed by atoms with van der Waals surface area (Å²) in [6.45, 7) is 5.80. The summed E-state index contributed by atoms with van der Waals surface area (Å²) in [4.78, 5) is 0. The van der Waals surface area contributed by atoms with Gasteiger partial charge in [-0.25, -0.2) is 0 Å². The molecule has 0 amide bonds. The van der Waals surface area contributed by atoms with E-state index < -0.39 is 0 Å². The van der Waals surface area contributed by atoms with Gasteiger partial charge < -0.3 is 14.8 Å². The molecular formula is C16H23NO2. The number of fused-ring (bicyclic) bond motifs is 1. The molecule has 1 aliphatic carbocycles. The molecule has 19 heavy (non-hydrogen) atoms. The average Bonchev–Trinajstić information content (AvgIpc) is 3.21. The van der Waals surface area contributed by atoms with Crippen molar-refractivity contribution in [3.63, 3.8) is 0 Å². The van der Waals surface area contributed by atoms with Gasteiger partial charge in [0.2, 0.25) is 0 Å². The lowest BCUT2D eigenvalue weighted by atomic mass is 10.0. The van der Waals surface area contributed by atoms with E-state index in [2.05, 4.69) is 31.3 Å². The van der Waals surface area contributed by atoms with Gasteiger partial charge in [0, 0.05) is 12.1 Å². The molecule has 1 aliphatic heterocycles. The maximum Gasteiger partial charge on any atom is 0.161 e. The third-order valence-corrected chi connectivity index (χ3v) is 3.98. The minimum atomic E-state index is 0.351. The molecule has 1 saturated carbocycles. The molecule has 3 rings (SSSR count). The highest BCUT2D eigenvalue weighted by molar-refractivity contribution is 5.44. The van der Waals surface area contributed by atoms with Crippen LogP contribution in [0.4, 0.5) is 0 Å². The highest BCUT2D eigenvalue weighted by Gasteiger charge is 2.24. The molecule has 0 radical (unpaired) electrons. The van der Waals surface area contributed by atoms with Crippen molar-refractivity contribution in [1.29, 1.82) is 0 Å². The fourth-order valence-corrected chi connectivity index (χ4v) is 2.77. The van der Waals surface area contributed by atoms with Crippen LogP contribution in [-0.4, -0.2) is 19.3 Å². The van der Waals surface area contributed by atoms with Crippen LogP contribution in [0.5, 0.6) is 11.5 Å². The lowest BCUT2D eigenvalue weighted by Gasteiger charge is -2.23. The zero-order valence-electron chi connectivity index (χ0n) is 11.8. The van der Waals surface area contributed by atoms with Crippen LogP contribution >= 0.6 is 0 Å². The number of ether oxygens (including phenoxy) is 2. The lowest BCUT2D eigenvalue weighted by molar-refractivity contribution is 0.171. The molecule has 2 unspecified atom stereocenters. The second-order valence-corrected chi connectivity index (χ2v) is 5.87. The number of hydrogen-bond acceptors (Lipinski definition) is 3. The summed E-state index contributed by atoms with van der Waals surface area (Å²) in [6, 6.07) is 7.19. The molecule has 3 nitrogen and oxygen atoms in total. The molecule has 0 bridgehead atoms. The zero-order valence-corrected chi connectivity index (χ0v) is 11.8. The van der Waals surface area contributed by atoms with E-state index in [1.54, 1.807) is 0 Å². The summed E-state index contributed by atoms with van der Waals surface area (Å²) in [6.07, 6.45) is 4.14. The van der Waals surface area contributed by atoms with E-state index in [1.165, 1.54) is 24.8 Å². The van der Waals surface area contributed by atoms with E-state index in [4.69, 9.17) is 9.47 Å². The minimum absolute atomic E-state index is 0.351. The van der Waals surface area contributed by atoms with Crippen molar-refractivity contribution in [2.24, 2.45) is 5.92 Å². The first-order chi connectivity index (χ1) is 9.22. The van der Waals surface area contributed by atoms with Gasteiger partial charge in [-0.2, -0.15) is 0 Å². The van der Waals surface area contributed by atoms with E-state index in [9.17, 15) is 0 Å². The van der Waals surface area contributed by atoms with E-state index >= 15 is 0 Å². The number of hydrogen-bond donors (Lipinski definition) is 1. The van der Waals surface area contributed by atoms with Crippen LogP contribution in [0.25, 0.3) is 0 Å². The molecule has 1 fully saturated rings. The SMILES string of the molecule is CC(CC1CC1)NC(C)c1ccc2c(c1)OCCO2. The van der Waals surface area contributed by atoms with Crippen LogP contribution in [0.2, 0.25) is 0 Å². The van der Waals surface area contributed by atoms with Gasteiger partial charge in [-0.1, -0.05) is 18.9 Å². The van der Waals surface area contributed by atoms with Crippen molar-refractivity contribution in [2.75, 3.05) is 13.2 Å². The van der Waals surface area contributed by atoms with E-state index in [-0.39, 0.29) is 0 Å². The monoisotopic (exact) mass is 261 g/mol. The number of nitrogens with one attached hydrogen (secondary N) is 1. The summed E-state index contributed by atoms with van der Waals surface area (Å²) in [5, 5.41) is 3.68. The summed E-state index contributed by atoms with van der Waals surface area (Å²) in [5.74, 6) is 2.72. The highest BCUT2D eigenvalue weighted by Crippen LogP contribution is 2.35. The quantitative estimate of drug-likeness (QED) is 0.882. The Balaban J connectivity index is 1.63. The Kier molecular flexibility index (Phi) is 3.65. The first kappa shape index (κ1) is 12.8. The Morgan fingerprint density at radius 3 is 2.63 bits per heavy atom. The van der Waals surface area contributed by atoms with Crippen molar-refractivity contribution >= 4 is 0 Å². The zero-order chi connectivity index (χ0) is 13.2. The molecule has 3 heteroatoms. The average molecular weight is 261 g/mol. The van der Waals surface area contributed by atoms with Gasteiger partial charge in [-0.15, -0.1) is 0 Å². The summed E-state index contributed by atoms with van der Waals surface area (Å²) in [7, 11) is 0. The molecule has 0 spiro atoms. The molecule has 1 aromatic carbocycles. The lowest BCUT2D eigenvalue weighted by Crippen LogP contribution is -2.29. The first-order valence-corrected chi connectivity index (χ1v) is 7.38. The van der Waals surface area contributed by atoms with E-state index in [1.807, 2.05) is 6.07 Å². The Morgan fingerprint density at radius 1 is 1.16 bits per heavy atom. The van der Waals surface area contributed by atoms with Gasteiger partial charge in [0.15, 0.2) is 11.5 Å². The van der Waals surface area contributed by atoms with Crippen LogP contribution in [0.3, 0.4) is 0 Å². The van der Waals surface area contributed by atoms with Gasteiger partial charge in [-0.3, -0.25) is 0 Å². The molecule has 1 heterocycles. The minimum Gasteiger partial charge on any atom is -0.486 e. The van der Waals surface area contributed by atoms with Gasteiger partial charge >= 0.3 is 0 Å². The second kappa shape index (κ2) is 5.41. The predicted octanol–water partition coefficient (Wildman–Crippen LogP) is 3.30. The smallest absolute Gasteiger partial charge is 0.161 e.